The second kappa shape index (κ2) is 15.8. The van der Waals surface area contributed by atoms with Gasteiger partial charge in [-0.05, 0) is 61.2 Å². The third-order valence-corrected chi connectivity index (χ3v) is 6.55. The Kier molecular flexibility index (Phi) is 11.4. The highest BCUT2D eigenvalue weighted by molar-refractivity contribution is 5.90. The van der Waals surface area contributed by atoms with Crippen molar-refractivity contribution in [2.75, 3.05) is 25.6 Å². The van der Waals surface area contributed by atoms with Gasteiger partial charge in [0.15, 0.2) is 11.5 Å². The molecule has 220 valence electrons. The molecule has 0 saturated carbocycles. The number of carbonyl (C=O) groups excluding carboxylic acids is 2. The summed E-state index contributed by atoms with van der Waals surface area (Å²) in [5, 5.41) is 15.0. The topological polar surface area (TPSA) is 131 Å². The lowest BCUT2D eigenvalue weighted by atomic mass is 10.1. The molecule has 0 radical (unpaired) electrons. The van der Waals surface area contributed by atoms with E-state index in [0.717, 1.165) is 31.1 Å². The van der Waals surface area contributed by atoms with Gasteiger partial charge < -0.3 is 24.8 Å². The van der Waals surface area contributed by atoms with Crippen LogP contribution >= 0.6 is 0 Å². The van der Waals surface area contributed by atoms with Crippen molar-refractivity contribution in [1.82, 2.24) is 15.8 Å². The van der Waals surface area contributed by atoms with E-state index in [1.165, 1.54) is 5.56 Å². The zero-order chi connectivity index (χ0) is 29.6. The van der Waals surface area contributed by atoms with Gasteiger partial charge in [0.25, 0.3) is 0 Å². The molecule has 3 amide bonds. The molecule has 4 N–H and O–H groups in total. The molecule has 1 aromatic heterocycles. The number of amides is 3. The molecule has 42 heavy (non-hydrogen) atoms. The summed E-state index contributed by atoms with van der Waals surface area (Å²) in [6.07, 6.45) is 6.03. The second-order valence-electron chi connectivity index (χ2n) is 9.62. The molecule has 1 heterocycles. The molecule has 0 spiro atoms. The molecule has 3 aromatic carbocycles. The molecule has 10 nitrogen and oxygen atoms in total. The van der Waals surface area contributed by atoms with Gasteiger partial charge in [-0.25, -0.2) is 10.3 Å². The van der Waals surface area contributed by atoms with Gasteiger partial charge in [0.05, 0.1) is 19.2 Å². The SMILES string of the molecule is COc1cc2c(Oc3ccc(NC(=O)NCCc4ccccc4)cc3)ccnc2cc1OCCCCCCC(=O)NO. The average molecular weight is 573 g/mol. The molecule has 0 unspecified atom stereocenters. The molecule has 10 heteroatoms. The first-order valence-electron chi connectivity index (χ1n) is 13.9. The van der Waals surface area contributed by atoms with Crippen LogP contribution in [0, 0.1) is 0 Å². The van der Waals surface area contributed by atoms with E-state index in [0.29, 0.717) is 60.2 Å². The Morgan fingerprint density at radius 2 is 1.67 bits per heavy atom. The van der Waals surface area contributed by atoms with Crippen molar-refractivity contribution in [3.05, 3.63) is 84.6 Å². The van der Waals surface area contributed by atoms with Gasteiger partial charge in [0.2, 0.25) is 5.91 Å². The monoisotopic (exact) mass is 572 g/mol. The minimum atomic E-state index is -0.369. The number of pyridine rings is 1. The van der Waals surface area contributed by atoms with Gasteiger partial charge in [-0.15, -0.1) is 0 Å². The molecule has 0 aliphatic heterocycles. The maximum Gasteiger partial charge on any atom is 0.319 e. The predicted molar refractivity (Wildman–Crippen MR) is 160 cm³/mol. The summed E-state index contributed by atoms with van der Waals surface area (Å²) < 4.78 is 17.7. The van der Waals surface area contributed by atoms with Crippen molar-refractivity contribution in [2.45, 2.75) is 38.5 Å². The number of ether oxygens (including phenoxy) is 3. The van der Waals surface area contributed by atoms with Crippen molar-refractivity contribution >= 4 is 28.5 Å². The van der Waals surface area contributed by atoms with Crippen molar-refractivity contribution < 1.29 is 29.0 Å². The van der Waals surface area contributed by atoms with E-state index >= 15 is 0 Å². The van der Waals surface area contributed by atoms with Gasteiger partial charge in [-0.1, -0.05) is 43.2 Å². The van der Waals surface area contributed by atoms with E-state index in [9.17, 15) is 9.59 Å². The van der Waals surface area contributed by atoms with Gasteiger partial charge >= 0.3 is 6.03 Å². The maximum absolute atomic E-state index is 12.3. The van der Waals surface area contributed by atoms with Gasteiger partial charge in [-0.3, -0.25) is 15.0 Å². The molecule has 0 atom stereocenters. The Bertz CT molecular complexity index is 1450. The van der Waals surface area contributed by atoms with Crippen molar-refractivity contribution in [1.29, 1.82) is 0 Å². The quantitative estimate of drug-likeness (QED) is 0.0754. The number of unbranched alkanes of at least 4 members (excludes halogenated alkanes) is 3. The Balaban J connectivity index is 1.30. The van der Waals surface area contributed by atoms with E-state index in [1.807, 2.05) is 42.5 Å². The van der Waals surface area contributed by atoms with E-state index in [4.69, 9.17) is 19.4 Å². The first-order chi connectivity index (χ1) is 20.6. The third kappa shape index (κ3) is 9.10. The van der Waals surface area contributed by atoms with Crippen molar-refractivity contribution in [3.63, 3.8) is 0 Å². The molecular weight excluding hydrogens is 536 g/mol. The highest BCUT2D eigenvalue weighted by Gasteiger charge is 2.12. The number of hydroxylamine groups is 1. The number of anilines is 1. The van der Waals surface area contributed by atoms with Crippen LogP contribution < -0.4 is 30.3 Å². The first kappa shape index (κ1) is 30.1. The van der Waals surface area contributed by atoms with Crippen LogP contribution in [0.2, 0.25) is 0 Å². The highest BCUT2D eigenvalue weighted by atomic mass is 16.5. The summed E-state index contributed by atoms with van der Waals surface area (Å²) in [5.41, 5.74) is 4.16. The van der Waals surface area contributed by atoms with Gasteiger partial charge in [0.1, 0.15) is 11.5 Å². The molecule has 0 fully saturated rings. The molecule has 0 saturated heterocycles. The number of nitrogens with one attached hydrogen (secondary N) is 3. The number of nitrogens with zero attached hydrogens (tertiary/aromatic N) is 1. The number of methoxy groups -OCH3 is 1. The number of hydrogen-bond acceptors (Lipinski definition) is 7. The first-order valence-corrected chi connectivity index (χ1v) is 13.9. The average Bonchev–Trinajstić information content (AvgIpc) is 3.01. The lowest BCUT2D eigenvalue weighted by molar-refractivity contribution is -0.129. The Hall–Kier alpha value is -4.83. The maximum atomic E-state index is 12.3. The van der Waals surface area contributed by atoms with Crippen LogP contribution in [0.5, 0.6) is 23.0 Å². The summed E-state index contributed by atoms with van der Waals surface area (Å²) >= 11 is 0. The number of aromatic nitrogens is 1. The van der Waals surface area contributed by atoms with E-state index in [-0.39, 0.29) is 11.9 Å². The van der Waals surface area contributed by atoms with E-state index in [1.54, 1.807) is 49.1 Å². The summed E-state index contributed by atoms with van der Waals surface area (Å²) in [4.78, 5) is 27.8. The largest absolute Gasteiger partial charge is 0.493 e. The molecule has 4 rings (SSSR count). The highest BCUT2D eigenvalue weighted by Crippen LogP contribution is 2.37. The lowest BCUT2D eigenvalue weighted by Crippen LogP contribution is -2.30. The standard InChI is InChI=1S/C32H36N4O6/c1-40-29-21-26-27(22-30(29)41-20-8-3-2-7-11-31(37)36-39)33-19-17-28(26)42-25-14-12-24(13-15-25)35-32(38)34-18-16-23-9-5-4-6-10-23/h4-6,9-10,12-15,17,19,21-22,39H,2-3,7-8,11,16,18,20H2,1H3,(H,36,37)(H2,34,35,38). The van der Waals surface area contributed by atoms with Crippen LogP contribution in [0.1, 0.15) is 37.7 Å². The molecule has 0 bridgehead atoms. The summed E-state index contributed by atoms with van der Waals surface area (Å²) in [6.45, 7) is 1.03. The predicted octanol–water partition coefficient (Wildman–Crippen LogP) is 6.23. The minimum absolute atomic E-state index is 0.267. The number of rotatable bonds is 15. The molecule has 0 aliphatic rings. The Labute approximate surface area is 245 Å². The Morgan fingerprint density at radius 3 is 2.43 bits per heavy atom. The number of urea groups is 1. The lowest BCUT2D eigenvalue weighted by Gasteiger charge is -2.14. The van der Waals surface area contributed by atoms with Crippen molar-refractivity contribution in [2.24, 2.45) is 0 Å². The van der Waals surface area contributed by atoms with Crippen LogP contribution in [-0.2, 0) is 11.2 Å². The van der Waals surface area contributed by atoms with E-state index in [2.05, 4.69) is 15.6 Å². The number of carbonyl (C=O) groups is 2. The van der Waals surface area contributed by atoms with E-state index < -0.39 is 0 Å². The van der Waals surface area contributed by atoms with Crippen LogP contribution in [0.25, 0.3) is 10.9 Å². The number of hydrogen-bond donors (Lipinski definition) is 4. The van der Waals surface area contributed by atoms with Gasteiger partial charge in [-0.2, -0.15) is 0 Å². The third-order valence-electron chi connectivity index (χ3n) is 6.55. The number of benzene rings is 3. The Morgan fingerprint density at radius 1 is 0.881 bits per heavy atom. The van der Waals surface area contributed by atoms with Crippen molar-refractivity contribution in [3.8, 4) is 23.0 Å². The molecular formula is C32H36N4O6. The van der Waals surface area contributed by atoms with Crippen LogP contribution in [0.4, 0.5) is 10.5 Å². The fourth-order valence-corrected chi connectivity index (χ4v) is 4.34. The summed E-state index contributed by atoms with van der Waals surface area (Å²) in [6, 6.07) is 22.3. The zero-order valence-corrected chi connectivity index (χ0v) is 23.6. The summed E-state index contributed by atoms with van der Waals surface area (Å²) in [7, 11) is 1.58. The fraction of sp³-hybridized carbons (Fsp3) is 0.281. The number of fused-ring (bicyclic) bond motifs is 1. The molecule has 4 aromatic rings. The summed E-state index contributed by atoms with van der Waals surface area (Å²) in [5.74, 6) is 2.00. The minimum Gasteiger partial charge on any atom is -0.493 e. The van der Waals surface area contributed by atoms with Crippen LogP contribution in [-0.4, -0.2) is 42.4 Å². The van der Waals surface area contributed by atoms with Crippen LogP contribution in [0.15, 0.2) is 79.0 Å². The molecule has 0 aliphatic carbocycles. The second-order valence-corrected chi connectivity index (χ2v) is 9.62. The fourth-order valence-electron chi connectivity index (χ4n) is 4.34. The van der Waals surface area contributed by atoms with Gasteiger partial charge in [0, 0.05) is 36.3 Å². The normalized spacial score (nSPS) is 10.6. The zero-order valence-electron chi connectivity index (χ0n) is 23.6. The smallest absolute Gasteiger partial charge is 0.319 e. The van der Waals surface area contributed by atoms with Crippen LogP contribution in [0.3, 0.4) is 0 Å².